The van der Waals surface area contributed by atoms with Crippen molar-refractivity contribution in [2.75, 3.05) is 21.1 Å². The van der Waals surface area contributed by atoms with Crippen molar-refractivity contribution >= 4 is 35.6 Å². The lowest BCUT2D eigenvalue weighted by Gasteiger charge is -2.38. The lowest BCUT2D eigenvalue weighted by molar-refractivity contribution is -0.182. The standard InChI is InChI=1S/C32H55N3O10/c1-15(2)21-30(40)43-24(17(5)6)27(37)33(12)22(16(3)4)31(41)44-26(19(9)10)29(39)35(14)23(20(11)36)32(42)45-25(18(7)8)28(38)34(21)13/h15-26,36H,1-14H3/t20-,21-,22-,23-,24+,25+,26+/m1/s1. The summed E-state index contributed by atoms with van der Waals surface area (Å²) < 4.78 is 17.1. The van der Waals surface area contributed by atoms with Crippen LogP contribution in [0.3, 0.4) is 0 Å². The Morgan fingerprint density at radius 1 is 0.444 bits per heavy atom. The van der Waals surface area contributed by atoms with Gasteiger partial charge in [0, 0.05) is 21.1 Å². The number of nitrogens with zero attached hydrogens (tertiary/aromatic N) is 3. The molecule has 0 aromatic heterocycles. The van der Waals surface area contributed by atoms with Crippen LogP contribution in [0, 0.1) is 29.6 Å². The molecule has 0 bridgehead atoms. The van der Waals surface area contributed by atoms with Crippen molar-refractivity contribution in [1.29, 1.82) is 0 Å². The predicted octanol–water partition coefficient (Wildman–Crippen LogP) is 1.88. The molecule has 0 aliphatic carbocycles. The molecule has 3 amide bonds. The Balaban J connectivity index is 3.93. The number of hydrogen-bond acceptors (Lipinski definition) is 10. The van der Waals surface area contributed by atoms with E-state index in [9.17, 15) is 33.9 Å². The highest BCUT2D eigenvalue weighted by molar-refractivity contribution is 5.94. The maximum absolute atomic E-state index is 13.8. The van der Waals surface area contributed by atoms with Crippen LogP contribution in [0.2, 0.25) is 0 Å². The van der Waals surface area contributed by atoms with Gasteiger partial charge in [-0.2, -0.15) is 0 Å². The Kier molecular flexibility index (Phi) is 14.5. The Labute approximate surface area is 267 Å². The fourth-order valence-electron chi connectivity index (χ4n) is 5.45. The minimum absolute atomic E-state index is 0.471. The lowest BCUT2D eigenvalue weighted by Crippen LogP contribution is -2.58. The summed E-state index contributed by atoms with van der Waals surface area (Å²) in [6.45, 7) is 18.1. The molecule has 1 N–H and O–H groups in total. The molecular formula is C32H55N3O10. The van der Waals surface area contributed by atoms with Gasteiger partial charge in [-0.25, -0.2) is 14.4 Å². The second kappa shape index (κ2) is 16.4. The fourth-order valence-corrected chi connectivity index (χ4v) is 5.45. The minimum atomic E-state index is -1.56. The van der Waals surface area contributed by atoms with Gasteiger partial charge in [-0.05, 0) is 36.5 Å². The van der Waals surface area contributed by atoms with Gasteiger partial charge in [-0.1, -0.05) is 69.2 Å². The summed E-state index contributed by atoms with van der Waals surface area (Å²) in [5, 5.41) is 10.6. The molecule has 0 radical (unpaired) electrons. The monoisotopic (exact) mass is 641 g/mol. The molecule has 1 heterocycles. The Morgan fingerprint density at radius 3 is 0.867 bits per heavy atom. The molecule has 13 nitrogen and oxygen atoms in total. The van der Waals surface area contributed by atoms with E-state index < -0.39 is 108 Å². The number of likely N-dealkylation sites (N-methyl/N-ethyl adjacent to an activating group) is 3. The fraction of sp³-hybridized carbons (Fsp3) is 0.812. The van der Waals surface area contributed by atoms with Crippen molar-refractivity contribution in [2.45, 2.75) is 119 Å². The van der Waals surface area contributed by atoms with E-state index in [0.29, 0.717) is 0 Å². The summed E-state index contributed by atoms with van der Waals surface area (Å²) in [6.07, 6.45) is -5.52. The molecule has 0 aromatic rings. The van der Waals surface area contributed by atoms with Crippen molar-refractivity contribution in [3.8, 4) is 0 Å². The first-order chi connectivity index (χ1) is 20.6. The zero-order valence-corrected chi connectivity index (χ0v) is 29.4. The second-order valence-electron chi connectivity index (χ2n) is 13.7. The molecule has 258 valence electrons. The van der Waals surface area contributed by atoms with Crippen LogP contribution in [0.15, 0.2) is 0 Å². The smallest absolute Gasteiger partial charge is 0.332 e. The van der Waals surface area contributed by atoms with Crippen LogP contribution >= 0.6 is 0 Å². The zero-order chi connectivity index (χ0) is 35.2. The summed E-state index contributed by atoms with van der Waals surface area (Å²) in [4.78, 5) is 85.5. The molecule has 1 fully saturated rings. The van der Waals surface area contributed by atoms with Crippen LogP contribution < -0.4 is 0 Å². The normalized spacial score (nSPS) is 28.1. The van der Waals surface area contributed by atoms with E-state index in [2.05, 4.69) is 0 Å². The van der Waals surface area contributed by atoms with E-state index in [0.717, 1.165) is 14.7 Å². The first-order valence-corrected chi connectivity index (χ1v) is 15.7. The lowest BCUT2D eigenvalue weighted by atomic mass is 9.98. The van der Waals surface area contributed by atoms with Gasteiger partial charge in [0.2, 0.25) is 0 Å². The molecule has 0 spiro atoms. The van der Waals surface area contributed by atoms with Crippen LogP contribution in [0.5, 0.6) is 0 Å². The molecule has 1 aliphatic rings. The van der Waals surface area contributed by atoms with E-state index in [1.165, 1.54) is 28.1 Å². The average Bonchev–Trinajstić information content (AvgIpc) is 2.90. The number of cyclic esters (lactones) is 3. The van der Waals surface area contributed by atoms with Gasteiger partial charge in [-0.15, -0.1) is 0 Å². The molecule has 1 aliphatic heterocycles. The summed E-state index contributed by atoms with van der Waals surface area (Å²) in [5.41, 5.74) is 0. The van der Waals surface area contributed by atoms with Gasteiger partial charge in [0.1, 0.15) is 12.1 Å². The van der Waals surface area contributed by atoms with Gasteiger partial charge in [-0.3, -0.25) is 14.4 Å². The quantitative estimate of drug-likeness (QED) is 0.335. The summed E-state index contributed by atoms with van der Waals surface area (Å²) in [7, 11) is 4.05. The molecule has 0 unspecified atom stereocenters. The van der Waals surface area contributed by atoms with Crippen LogP contribution in [0.1, 0.15) is 76.2 Å². The van der Waals surface area contributed by atoms with E-state index in [4.69, 9.17) is 14.2 Å². The number of aliphatic hydroxyl groups excluding tert-OH is 1. The second-order valence-corrected chi connectivity index (χ2v) is 13.7. The van der Waals surface area contributed by atoms with Crippen molar-refractivity contribution < 1.29 is 48.1 Å². The van der Waals surface area contributed by atoms with E-state index in [1.807, 2.05) is 0 Å². The third-order valence-electron chi connectivity index (χ3n) is 8.02. The average molecular weight is 642 g/mol. The predicted molar refractivity (Wildman–Crippen MR) is 165 cm³/mol. The highest BCUT2D eigenvalue weighted by Gasteiger charge is 2.45. The molecular weight excluding hydrogens is 586 g/mol. The number of hydrogen-bond donors (Lipinski definition) is 1. The van der Waals surface area contributed by atoms with Crippen LogP contribution in [0.25, 0.3) is 0 Å². The molecule has 45 heavy (non-hydrogen) atoms. The Morgan fingerprint density at radius 2 is 0.667 bits per heavy atom. The number of ether oxygens (including phenoxy) is 3. The molecule has 0 saturated carbocycles. The molecule has 1 saturated heterocycles. The largest absolute Gasteiger partial charge is 0.450 e. The van der Waals surface area contributed by atoms with Gasteiger partial charge in [0.05, 0.1) is 6.10 Å². The van der Waals surface area contributed by atoms with E-state index >= 15 is 0 Å². The zero-order valence-electron chi connectivity index (χ0n) is 29.4. The van der Waals surface area contributed by atoms with Gasteiger partial charge in [0.15, 0.2) is 24.4 Å². The third kappa shape index (κ3) is 9.40. The maximum Gasteiger partial charge on any atom is 0.332 e. The molecule has 7 atom stereocenters. The highest BCUT2D eigenvalue weighted by Crippen LogP contribution is 2.24. The summed E-state index contributed by atoms with van der Waals surface area (Å²) in [5.74, 6) is -7.47. The molecule has 0 aromatic carbocycles. The first-order valence-electron chi connectivity index (χ1n) is 15.7. The topological polar surface area (TPSA) is 160 Å². The third-order valence-corrected chi connectivity index (χ3v) is 8.02. The van der Waals surface area contributed by atoms with Gasteiger partial charge in [0.25, 0.3) is 17.7 Å². The Bertz CT molecular complexity index is 954. The highest BCUT2D eigenvalue weighted by atomic mass is 16.6. The number of aliphatic hydroxyl groups is 1. The first kappa shape index (κ1) is 39.8. The number of carbonyl (C=O) groups excluding carboxylic acids is 6. The van der Waals surface area contributed by atoms with Crippen LogP contribution in [-0.2, 0) is 43.0 Å². The molecule has 13 heteroatoms. The summed E-state index contributed by atoms with van der Waals surface area (Å²) in [6, 6.07) is -3.88. The van der Waals surface area contributed by atoms with Crippen molar-refractivity contribution in [2.24, 2.45) is 29.6 Å². The minimum Gasteiger partial charge on any atom is -0.450 e. The van der Waals surface area contributed by atoms with E-state index in [1.54, 1.807) is 69.2 Å². The van der Waals surface area contributed by atoms with Crippen LogP contribution in [-0.4, -0.2) is 119 Å². The van der Waals surface area contributed by atoms with Crippen molar-refractivity contribution in [3.63, 3.8) is 0 Å². The number of rotatable bonds is 6. The maximum atomic E-state index is 13.8. The van der Waals surface area contributed by atoms with Gasteiger partial charge < -0.3 is 34.0 Å². The van der Waals surface area contributed by atoms with Crippen molar-refractivity contribution in [3.05, 3.63) is 0 Å². The van der Waals surface area contributed by atoms with Crippen molar-refractivity contribution in [1.82, 2.24) is 14.7 Å². The Hall–Kier alpha value is -3.22. The number of esters is 3. The van der Waals surface area contributed by atoms with Gasteiger partial charge >= 0.3 is 17.9 Å². The van der Waals surface area contributed by atoms with E-state index in [-0.39, 0.29) is 0 Å². The van der Waals surface area contributed by atoms with Crippen LogP contribution in [0.4, 0.5) is 0 Å². The SMILES string of the molecule is CC(C)[C@@H]1OC(=O)[C@@H](C(C)C)N(C)C(=O)[C@H](C(C)C)OC(=O)[C@@H]([C@@H](C)O)N(C)C(=O)[C@H](C(C)C)OC(=O)[C@@H](C(C)C)N(C)C1=O. The molecule has 1 rings (SSSR count). The number of amides is 3. The number of carbonyl (C=O) groups is 6. The summed E-state index contributed by atoms with van der Waals surface area (Å²) >= 11 is 0.